The van der Waals surface area contributed by atoms with E-state index in [9.17, 15) is 4.39 Å². The molecule has 0 spiro atoms. The van der Waals surface area contributed by atoms with Crippen molar-refractivity contribution in [3.63, 3.8) is 0 Å². The van der Waals surface area contributed by atoms with E-state index in [1.54, 1.807) is 36.8 Å². The topological polar surface area (TPSA) is 83.8 Å². The lowest BCUT2D eigenvalue weighted by Gasteiger charge is -2.23. The van der Waals surface area contributed by atoms with E-state index in [2.05, 4.69) is 41.0 Å². The SMILES string of the molecule is COC(=N)c1cnccc1Nc1nc(-c2cc(C)ccc2F)ncc1C(C)(C)C. The molecular formula is C22H24FN5O. The van der Waals surface area contributed by atoms with E-state index in [0.717, 1.165) is 11.1 Å². The van der Waals surface area contributed by atoms with Crippen LogP contribution in [-0.4, -0.2) is 28.0 Å². The Morgan fingerprint density at radius 3 is 2.62 bits per heavy atom. The van der Waals surface area contributed by atoms with Crippen molar-refractivity contribution in [1.82, 2.24) is 15.0 Å². The second kappa shape index (κ2) is 7.95. The highest BCUT2D eigenvalue weighted by Gasteiger charge is 2.22. The van der Waals surface area contributed by atoms with Gasteiger partial charge in [0.05, 0.1) is 23.9 Å². The predicted octanol–water partition coefficient (Wildman–Crippen LogP) is 5.00. The zero-order valence-corrected chi connectivity index (χ0v) is 17.2. The van der Waals surface area contributed by atoms with Gasteiger partial charge in [-0.05, 0) is 30.5 Å². The highest BCUT2D eigenvalue weighted by molar-refractivity contribution is 5.97. The summed E-state index contributed by atoms with van der Waals surface area (Å²) in [4.78, 5) is 13.1. The molecule has 0 aliphatic carbocycles. The standard InChI is InChI=1S/C22H24FN5O/c1-13-6-7-17(23)14(10-13)20-26-12-16(22(2,3)4)21(28-20)27-18-8-9-25-11-15(18)19(24)29-5/h6-12,24H,1-5H3,(H,25,26,27,28). The summed E-state index contributed by atoms with van der Waals surface area (Å²) < 4.78 is 19.5. The molecule has 0 atom stereocenters. The number of rotatable bonds is 4. The Balaban J connectivity index is 2.14. The summed E-state index contributed by atoms with van der Waals surface area (Å²) in [5.41, 5.74) is 2.98. The van der Waals surface area contributed by atoms with E-state index < -0.39 is 0 Å². The van der Waals surface area contributed by atoms with Crippen molar-refractivity contribution in [2.75, 3.05) is 12.4 Å². The molecule has 1 aromatic carbocycles. The highest BCUT2D eigenvalue weighted by atomic mass is 19.1. The normalized spacial score (nSPS) is 11.2. The third kappa shape index (κ3) is 4.39. The molecule has 150 valence electrons. The van der Waals surface area contributed by atoms with Crippen LogP contribution in [-0.2, 0) is 10.2 Å². The fraction of sp³-hybridized carbons (Fsp3) is 0.273. The molecule has 0 radical (unpaired) electrons. The lowest BCUT2D eigenvalue weighted by Crippen LogP contribution is -2.17. The molecule has 2 aromatic heterocycles. The van der Waals surface area contributed by atoms with Gasteiger partial charge in [-0.2, -0.15) is 0 Å². The summed E-state index contributed by atoms with van der Waals surface area (Å²) in [5, 5.41) is 11.3. The predicted molar refractivity (Wildman–Crippen MR) is 112 cm³/mol. The number of pyridine rings is 1. The fourth-order valence-electron chi connectivity index (χ4n) is 2.89. The van der Waals surface area contributed by atoms with Gasteiger partial charge in [0, 0.05) is 24.2 Å². The number of aromatic nitrogens is 3. The summed E-state index contributed by atoms with van der Waals surface area (Å²) in [6.45, 7) is 8.04. The van der Waals surface area contributed by atoms with E-state index in [1.165, 1.54) is 13.2 Å². The number of methoxy groups -OCH3 is 1. The lowest BCUT2D eigenvalue weighted by atomic mass is 9.88. The maximum atomic E-state index is 14.4. The van der Waals surface area contributed by atoms with Gasteiger partial charge in [-0.15, -0.1) is 0 Å². The number of aryl methyl sites for hydroxylation is 1. The van der Waals surface area contributed by atoms with E-state index in [1.807, 2.05) is 6.92 Å². The smallest absolute Gasteiger partial charge is 0.216 e. The van der Waals surface area contributed by atoms with Gasteiger partial charge in [-0.1, -0.05) is 32.4 Å². The van der Waals surface area contributed by atoms with Gasteiger partial charge in [-0.3, -0.25) is 10.4 Å². The monoisotopic (exact) mass is 393 g/mol. The van der Waals surface area contributed by atoms with Crippen LogP contribution in [0.1, 0.15) is 37.5 Å². The van der Waals surface area contributed by atoms with Crippen molar-refractivity contribution in [2.24, 2.45) is 0 Å². The summed E-state index contributed by atoms with van der Waals surface area (Å²) in [6, 6.07) is 6.59. The van der Waals surface area contributed by atoms with Gasteiger partial charge in [0.15, 0.2) is 5.82 Å². The second-order valence-electron chi connectivity index (χ2n) is 7.77. The van der Waals surface area contributed by atoms with Crippen molar-refractivity contribution >= 4 is 17.4 Å². The van der Waals surface area contributed by atoms with Crippen molar-refractivity contribution in [2.45, 2.75) is 33.1 Å². The Morgan fingerprint density at radius 2 is 1.93 bits per heavy atom. The van der Waals surface area contributed by atoms with Gasteiger partial charge in [0.2, 0.25) is 5.90 Å². The van der Waals surface area contributed by atoms with E-state index in [4.69, 9.17) is 10.1 Å². The van der Waals surface area contributed by atoms with Crippen LogP contribution in [0.4, 0.5) is 15.9 Å². The van der Waals surface area contributed by atoms with E-state index in [0.29, 0.717) is 28.5 Å². The third-order valence-electron chi connectivity index (χ3n) is 4.48. The van der Waals surface area contributed by atoms with Gasteiger partial charge in [0.1, 0.15) is 11.6 Å². The van der Waals surface area contributed by atoms with Crippen LogP contribution in [0.5, 0.6) is 0 Å². The summed E-state index contributed by atoms with van der Waals surface area (Å²) in [6.07, 6.45) is 4.88. The van der Waals surface area contributed by atoms with Crippen LogP contribution >= 0.6 is 0 Å². The zero-order valence-electron chi connectivity index (χ0n) is 17.2. The number of hydrogen-bond acceptors (Lipinski definition) is 6. The largest absolute Gasteiger partial charge is 0.481 e. The molecule has 0 saturated heterocycles. The molecular weight excluding hydrogens is 369 g/mol. The molecule has 0 saturated carbocycles. The molecule has 2 heterocycles. The van der Waals surface area contributed by atoms with Crippen LogP contribution in [0.3, 0.4) is 0 Å². The Morgan fingerprint density at radius 1 is 1.17 bits per heavy atom. The van der Waals surface area contributed by atoms with Crippen molar-refractivity contribution in [1.29, 1.82) is 5.41 Å². The minimum atomic E-state index is -0.379. The summed E-state index contributed by atoms with van der Waals surface area (Å²) in [5.74, 6) is 0.437. The average molecular weight is 393 g/mol. The quantitative estimate of drug-likeness (QED) is 0.481. The summed E-state index contributed by atoms with van der Waals surface area (Å²) in [7, 11) is 1.43. The highest BCUT2D eigenvalue weighted by Crippen LogP contribution is 2.32. The van der Waals surface area contributed by atoms with Crippen molar-refractivity contribution in [3.8, 4) is 11.4 Å². The molecule has 0 aliphatic heterocycles. The minimum absolute atomic E-state index is 0.0167. The van der Waals surface area contributed by atoms with Crippen molar-refractivity contribution in [3.05, 3.63) is 65.4 Å². The minimum Gasteiger partial charge on any atom is -0.481 e. The van der Waals surface area contributed by atoms with Gasteiger partial charge < -0.3 is 10.1 Å². The van der Waals surface area contributed by atoms with E-state index in [-0.39, 0.29) is 17.1 Å². The van der Waals surface area contributed by atoms with Crippen LogP contribution in [0, 0.1) is 18.2 Å². The Bertz CT molecular complexity index is 1060. The first-order valence-corrected chi connectivity index (χ1v) is 9.18. The zero-order chi connectivity index (χ0) is 21.2. The molecule has 7 heteroatoms. The number of hydrogen-bond donors (Lipinski definition) is 2. The maximum Gasteiger partial charge on any atom is 0.216 e. The molecule has 3 rings (SSSR count). The fourth-order valence-corrected chi connectivity index (χ4v) is 2.89. The van der Waals surface area contributed by atoms with Crippen LogP contribution in [0.15, 0.2) is 42.9 Å². The first kappa shape index (κ1) is 20.4. The molecule has 0 fully saturated rings. The number of nitrogens with zero attached hydrogens (tertiary/aromatic N) is 3. The molecule has 6 nitrogen and oxygen atoms in total. The molecule has 0 unspecified atom stereocenters. The summed E-state index contributed by atoms with van der Waals surface area (Å²) >= 11 is 0. The number of ether oxygens (including phenoxy) is 1. The lowest BCUT2D eigenvalue weighted by molar-refractivity contribution is 0.401. The molecule has 3 aromatic rings. The molecule has 2 N–H and O–H groups in total. The average Bonchev–Trinajstić information content (AvgIpc) is 2.68. The van der Waals surface area contributed by atoms with E-state index >= 15 is 0 Å². The number of halogens is 1. The Hall–Kier alpha value is -3.35. The first-order valence-electron chi connectivity index (χ1n) is 9.18. The van der Waals surface area contributed by atoms with Crippen LogP contribution in [0.2, 0.25) is 0 Å². The Labute approximate surface area is 169 Å². The third-order valence-corrected chi connectivity index (χ3v) is 4.48. The number of anilines is 2. The molecule has 0 bridgehead atoms. The molecule has 29 heavy (non-hydrogen) atoms. The van der Waals surface area contributed by atoms with Gasteiger partial charge in [-0.25, -0.2) is 14.4 Å². The van der Waals surface area contributed by atoms with Crippen LogP contribution in [0.25, 0.3) is 11.4 Å². The molecule has 0 aliphatic rings. The number of nitrogens with one attached hydrogen (secondary N) is 2. The maximum absolute atomic E-state index is 14.4. The second-order valence-corrected chi connectivity index (χ2v) is 7.77. The number of benzene rings is 1. The Kier molecular flexibility index (Phi) is 5.59. The van der Waals surface area contributed by atoms with Crippen LogP contribution < -0.4 is 5.32 Å². The van der Waals surface area contributed by atoms with Gasteiger partial charge >= 0.3 is 0 Å². The molecule has 0 amide bonds. The van der Waals surface area contributed by atoms with Crippen molar-refractivity contribution < 1.29 is 9.13 Å². The first-order chi connectivity index (χ1) is 13.7. The van der Waals surface area contributed by atoms with Gasteiger partial charge in [0.25, 0.3) is 0 Å².